The van der Waals surface area contributed by atoms with Crippen LogP contribution in [0.15, 0.2) is 57.7 Å². The Balaban J connectivity index is 2.25. The van der Waals surface area contributed by atoms with E-state index in [0.29, 0.717) is 16.7 Å². The molecule has 0 unspecified atom stereocenters. The van der Waals surface area contributed by atoms with E-state index in [1.165, 1.54) is 11.1 Å². The summed E-state index contributed by atoms with van der Waals surface area (Å²) in [6.07, 6.45) is 0. The van der Waals surface area contributed by atoms with Crippen LogP contribution in [0.2, 0.25) is 0 Å². The predicted octanol–water partition coefficient (Wildman–Crippen LogP) is 4.08. The highest BCUT2D eigenvalue weighted by molar-refractivity contribution is 5.78. The third kappa shape index (κ3) is 2.06. The standard InChI is InChI=1S/C17H14O2/c1-11-7-8-13(9-12(11)2)17-10-15(18)14-5-3-4-6-16(14)19-17/h3-10H,1-2H3. The van der Waals surface area contributed by atoms with Gasteiger partial charge in [-0.05, 0) is 43.2 Å². The molecule has 2 heteroatoms. The van der Waals surface area contributed by atoms with E-state index in [1.54, 1.807) is 12.1 Å². The first kappa shape index (κ1) is 11.7. The summed E-state index contributed by atoms with van der Waals surface area (Å²) in [6, 6.07) is 14.9. The summed E-state index contributed by atoms with van der Waals surface area (Å²) >= 11 is 0. The third-order valence-electron chi connectivity index (χ3n) is 3.43. The minimum absolute atomic E-state index is 0.00456. The van der Waals surface area contributed by atoms with Crippen molar-refractivity contribution in [3.63, 3.8) is 0 Å². The molecule has 3 rings (SSSR count). The van der Waals surface area contributed by atoms with E-state index in [2.05, 4.69) is 13.8 Å². The molecule has 0 aliphatic heterocycles. The number of hydrogen-bond donors (Lipinski definition) is 0. The molecule has 2 nitrogen and oxygen atoms in total. The highest BCUT2D eigenvalue weighted by Crippen LogP contribution is 2.23. The molecule has 3 aromatic rings. The Kier molecular flexibility index (Phi) is 2.71. The molecule has 94 valence electrons. The van der Waals surface area contributed by atoms with Crippen LogP contribution >= 0.6 is 0 Å². The van der Waals surface area contributed by atoms with Crippen LogP contribution in [0.5, 0.6) is 0 Å². The zero-order valence-electron chi connectivity index (χ0n) is 10.9. The van der Waals surface area contributed by atoms with Crippen molar-refractivity contribution in [1.82, 2.24) is 0 Å². The summed E-state index contributed by atoms with van der Waals surface area (Å²) in [6.45, 7) is 4.12. The van der Waals surface area contributed by atoms with Crippen molar-refractivity contribution >= 4 is 11.0 Å². The van der Waals surface area contributed by atoms with Crippen LogP contribution in [-0.4, -0.2) is 0 Å². The summed E-state index contributed by atoms with van der Waals surface area (Å²) in [7, 11) is 0. The maximum absolute atomic E-state index is 12.1. The first-order chi connectivity index (χ1) is 9.15. The molecule has 0 aliphatic carbocycles. The van der Waals surface area contributed by atoms with Crippen LogP contribution in [0.25, 0.3) is 22.3 Å². The minimum atomic E-state index is -0.00456. The van der Waals surface area contributed by atoms with Crippen molar-refractivity contribution in [2.45, 2.75) is 13.8 Å². The average molecular weight is 250 g/mol. The van der Waals surface area contributed by atoms with Gasteiger partial charge in [0.1, 0.15) is 11.3 Å². The summed E-state index contributed by atoms with van der Waals surface area (Å²) < 4.78 is 5.82. The number of para-hydroxylation sites is 1. The second-order valence-electron chi connectivity index (χ2n) is 4.77. The molecule has 0 spiro atoms. The summed E-state index contributed by atoms with van der Waals surface area (Å²) in [5.74, 6) is 0.617. The Bertz CT molecular complexity index is 813. The van der Waals surface area contributed by atoms with Crippen LogP contribution in [0, 0.1) is 13.8 Å². The quantitative estimate of drug-likeness (QED) is 0.651. The Labute approximate surface area is 111 Å². The van der Waals surface area contributed by atoms with E-state index in [9.17, 15) is 4.79 Å². The van der Waals surface area contributed by atoms with Gasteiger partial charge in [-0.25, -0.2) is 0 Å². The van der Waals surface area contributed by atoms with Gasteiger partial charge < -0.3 is 4.42 Å². The van der Waals surface area contributed by atoms with E-state index in [4.69, 9.17) is 4.42 Å². The van der Waals surface area contributed by atoms with Crippen molar-refractivity contribution in [3.8, 4) is 11.3 Å². The number of rotatable bonds is 1. The smallest absolute Gasteiger partial charge is 0.193 e. The van der Waals surface area contributed by atoms with E-state index in [-0.39, 0.29) is 5.43 Å². The second-order valence-corrected chi connectivity index (χ2v) is 4.77. The van der Waals surface area contributed by atoms with E-state index < -0.39 is 0 Å². The Morgan fingerprint density at radius 3 is 2.47 bits per heavy atom. The van der Waals surface area contributed by atoms with Crippen molar-refractivity contribution < 1.29 is 4.42 Å². The normalized spacial score (nSPS) is 10.8. The van der Waals surface area contributed by atoms with E-state index in [1.807, 2.05) is 36.4 Å². The van der Waals surface area contributed by atoms with E-state index >= 15 is 0 Å². The van der Waals surface area contributed by atoms with Gasteiger partial charge in [0, 0.05) is 11.6 Å². The van der Waals surface area contributed by atoms with Crippen LogP contribution in [-0.2, 0) is 0 Å². The van der Waals surface area contributed by atoms with Crippen molar-refractivity contribution in [2.75, 3.05) is 0 Å². The lowest BCUT2D eigenvalue weighted by Gasteiger charge is -2.05. The summed E-state index contributed by atoms with van der Waals surface area (Å²) in [5.41, 5.74) is 3.98. The maximum atomic E-state index is 12.1. The second kappa shape index (κ2) is 4.39. The Morgan fingerprint density at radius 2 is 1.68 bits per heavy atom. The fourth-order valence-corrected chi connectivity index (χ4v) is 2.14. The van der Waals surface area contributed by atoms with Gasteiger partial charge in [0.25, 0.3) is 0 Å². The molecular weight excluding hydrogens is 236 g/mol. The van der Waals surface area contributed by atoms with Gasteiger partial charge in [0.05, 0.1) is 5.39 Å². The fraction of sp³-hybridized carbons (Fsp3) is 0.118. The largest absolute Gasteiger partial charge is 0.456 e. The maximum Gasteiger partial charge on any atom is 0.193 e. The highest BCUT2D eigenvalue weighted by atomic mass is 16.3. The van der Waals surface area contributed by atoms with Crippen LogP contribution < -0.4 is 5.43 Å². The van der Waals surface area contributed by atoms with Gasteiger partial charge in [-0.3, -0.25) is 4.79 Å². The number of fused-ring (bicyclic) bond motifs is 1. The number of benzene rings is 2. The zero-order valence-corrected chi connectivity index (χ0v) is 10.9. The summed E-state index contributed by atoms with van der Waals surface area (Å²) in [4.78, 5) is 12.1. The molecule has 0 radical (unpaired) electrons. The monoisotopic (exact) mass is 250 g/mol. The first-order valence-corrected chi connectivity index (χ1v) is 6.26. The summed E-state index contributed by atoms with van der Waals surface area (Å²) in [5, 5.41) is 0.620. The number of aryl methyl sites for hydroxylation is 2. The Hall–Kier alpha value is -2.35. The SMILES string of the molecule is Cc1ccc(-c2cc(=O)c3ccccc3o2)cc1C. The molecule has 0 fully saturated rings. The van der Waals surface area contributed by atoms with Gasteiger partial charge in [0.15, 0.2) is 5.43 Å². The first-order valence-electron chi connectivity index (χ1n) is 6.26. The van der Waals surface area contributed by atoms with Crippen molar-refractivity contribution in [1.29, 1.82) is 0 Å². The van der Waals surface area contributed by atoms with Gasteiger partial charge >= 0.3 is 0 Å². The lowest BCUT2D eigenvalue weighted by atomic mass is 10.0. The zero-order chi connectivity index (χ0) is 13.4. The molecule has 0 atom stereocenters. The molecular formula is C17H14O2. The van der Waals surface area contributed by atoms with Gasteiger partial charge in [-0.2, -0.15) is 0 Å². The molecule has 0 saturated heterocycles. The highest BCUT2D eigenvalue weighted by Gasteiger charge is 2.07. The van der Waals surface area contributed by atoms with Gasteiger partial charge in [0.2, 0.25) is 0 Å². The lowest BCUT2D eigenvalue weighted by molar-refractivity contribution is 0.619. The van der Waals surface area contributed by atoms with Gasteiger partial charge in [-0.15, -0.1) is 0 Å². The molecule has 0 N–H and O–H groups in total. The molecule has 0 bridgehead atoms. The van der Waals surface area contributed by atoms with Crippen LogP contribution in [0.3, 0.4) is 0 Å². The van der Waals surface area contributed by atoms with Crippen molar-refractivity contribution in [2.24, 2.45) is 0 Å². The lowest BCUT2D eigenvalue weighted by Crippen LogP contribution is -2.00. The fourth-order valence-electron chi connectivity index (χ4n) is 2.14. The molecule has 0 aliphatic rings. The van der Waals surface area contributed by atoms with E-state index in [0.717, 1.165) is 5.56 Å². The van der Waals surface area contributed by atoms with Crippen LogP contribution in [0.4, 0.5) is 0 Å². The third-order valence-corrected chi connectivity index (χ3v) is 3.43. The van der Waals surface area contributed by atoms with Crippen molar-refractivity contribution in [3.05, 3.63) is 69.9 Å². The molecule has 0 amide bonds. The minimum Gasteiger partial charge on any atom is -0.456 e. The predicted molar refractivity (Wildman–Crippen MR) is 77.4 cm³/mol. The molecule has 0 saturated carbocycles. The molecule has 1 aromatic heterocycles. The van der Waals surface area contributed by atoms with Gasteiger partial charge in [-0.1, -0.05) is 24.3 Å². The average Bonchev–Trinajstić information content (AvgIpc) is 2.42. The molecule has 19 heavy (non-hydrogen) atoms. The molecule has 1 heterocycles. The topological polar surface area (TPSA) is 30.2 Å². The van der Waals surface area contributed by atoms with Crippen LogP contribution in [0.1, 0.15) is 11.1 Å². The Morgan fingerprint density at radius 1 is 0.895 bits per heavy atom. The number of hydrogen-bond acceptors (Lipinski definition) is 2. The molecule has 2 aromatic carbocycles.